The second-order valence-electron chi connectivity index (χ2n) is 3.96. The Hall–Kier alpha value is -1.52. The van der Waals surface area contributed by atoms with E-state index in [1.165, 1.54) is 0 Å². The van der Waals surface area contributed by atoms with Crippen LogP contribution in [-0.4, -0.2) is 41.6 Å². The lowest BCUT2D eigenvalue weighted by atomic mass is 9.97. The van der Waals surface area contributed by atoms with Gasteiger partial charge in [0.1, 0.15) is 0 Å². The lowest BCUT2D eigenvalue weighted by molar-refractivity contribution is -0.139. The molecule has 1 aliphatic heterocycles. The van der Waals surface area contributed by atoms with E-state index in [9.17, 15) is 9.59 Å². The standard InChI is InChI=1S/C11H18N2O3/c1-2-3-4-5-12-11(16)13-7-9(8-13)6-10(14)15/h2-3,9H,4-8H2,1H3,(H,12,16)(H,14,15)/b3-2+. The van der Waals surface area contributed by atoms with Crippen LogP contribution < -0.4 is 5.32 Å². The van der Waals surface area contributed by atoms with Crippen molar-refractivity contribution in [1.82, 2.24) is 10.2 Å². The Morgan fingerprint density at radius 1 is 1.50 bits per heavy atom. The van der Waals surface area contributed by atoms with Gasteiger partial charge >= 0.3 is 12.0 Å². The molecule has 2 amide bonds. The molecule has 5 heteroatoms. The summed E-state index contributed by atoms with van der Waals surface area (Å²) < 4.78 is 0. The van der Waals surface area contributed by atoms with Gasteiger partial charge in [-0.2, -0.15) is 0 Å². The number of urea groups is 1. The first kappa shape index (κ1) is 12.5. The summed E-state index contributed by atoms with van der Waals surface area (Å²) >= 11 is 0. The molecule has 0 bridgehead atoms. The quantitative estimate of drug-likeness (QED) is 0.544. The molecule has 1 rings (SSSR count). The smallest absolute Gasteiger partial charge is 0.317 e. The van der Waals surface area contributed by atoms with Crippen LogP contribution in [-0.2, 0) is 4.79 Å². The van der Waals surface area contributed by atoms with Gasteiger partial charge in [0.05, 0.1) is 6.42 Å². The minimum Gasteiger partial charge on any atom is -0.481 e. The van der Waals surface area contributed by atoms with Gasteiger partial charge in [0, 0.05) is 25.6 Å². The molecular formula is C11H18N2O3. The third kappa shape index (κ3) is 3.92. The summed E-state index contributed by atoms with van der Waals surface area (Å²) in [6, 6.07) is -0.0915. The summed E-state index contributed by atoms with van der Waals surface area (Å²) in [5.41, 5.74) is 0. The Labute approximate surface area is 95.1 Å². The van der Waals surface area contributed by atoms with Crippen LogP contribution in [0.25, 0.3) is 0 Å². The molecule has 16 heavy (non-hydrogen) atoms. The first-order valence-corrected chi connectivity index (χ1v) is 5.49. The highest BCUT2D eigenvalue weighted by atomic mass is 16.4. The number of rotatable bonds is 5. The van der Waals surface area contributed by atoms with Gasteiger partial charge in [0.2, 0.25) is 0 Å². The van der Waals surface area contributed by atoms with Crippen LogP contribution in [0.3, 0.4) is 0 Å². The second kappa shape index (κ2) is 6.15. The van der Waals surface area contributed by atoms with Crippen LogP contribution in [0.2, 0.25) is 0 Å². The van der Waals surface area contributed by atoms with Crippen LogP contribution in [0, 0.1) is 5.92 Å². The zero-order valence-corrected chi connectivity index (χ0v) is 9.48. The average molecular weight is 226 g/mol. The van der Waals surface area contributed by atoms with E-state index in [4.69, 9.17) is 5.11 Å². The fourth-order valence-corrected chi connectivity index (χ4v) is 1.65. The van der Waals surface area contributed by atoms with E-state index >= 15 is 0 Å². The number of aliphatic carboxylic acids is 1. The van der Waals surface area contributed by atoms with Crippen molar-refractivity contribution in [1.29, 1.82) is 0 Å². The van der Waals surface area contributed by atoms with Crippen molar-refractivity contribution in [3.8, 4) is 0 Å². The Bertz CT molecular complexity index is 283. The van der Waals surface area contributed by atoms with Crippen LogP contribution >= 0.6 is 0 Å². The lowest BCUT2D eigenvalue weighted by Gasteiger charge is -2.38. The molecule has 0 aromatic rings. The molecule has 0 spiro atoms. The molecule has 2 N–H and O–H groups in total. The maximum atomic E-state index is 11.5. The average Bonchev–Trinajstić information content (AvgIpc) is 2.17. The number of nitrogens with zero attached hydrogens (tertiary/aromatic N) is 1. The Kier molecular flexibility index (Phi) is 4.82. The monoisotopic (exact) mass is 226 g/mol. The van der Waals surface area contributed by atoms with Gasteiger partial charge in [-0.25, -0.2) is 4.79 Å². The molecule has 90 valence electrons. The minimum absolute atomic E-state index is 0.0915. The molecule has 0 aromatic carbocycles. The molecule has 1 heterocycles. The molecule has 0 aliphatic carbocycles. The minimum atomic E-state index is -0.793. The van der Waals surface area contributed by atoms with Crippen molar-refractivity contribution >= 4 is 12.0 Å². The number of carboxylic acids is 1. The van der Waals surface area contributed by atoms with Gasteiger partial charge in [-0.3, -0.25) is 4.79 Å². The van der Waals surface area contributed by atoms with Gasteiger partial charge in [-0.05, 0) is 13.3 Å². The molecular weight excluding hydrogens is 208 g/mol. The van der Waals surface area contributed by atoms with E-state index in [1.54, 1.807) is 4.90 Å². The SMILES string of the molecule is C/C=C/CCNC(=O)N1CC(CC(=O)O)C1. The number of carbonyl (C=O) groups excluding carboxylic acids is 1. The Balaban J connectivity index is 2.09. The van der Waals surface area contributed by atoms with E-state index in [0.29, 0.717) is 19.6 Å². The predicted molar refractivity (Wildman–Crippen MR) is 60.1 cm³/mol. The van der Waals surface area contributed by atoms with Crippen molar-refractivity contribution in [3.63, 3.8) is 0 Å². The summed E-state index contributed by atoms with van der Waals surface area (Å²) in [6.45, 7) is 3.68. The molecule has 1 fully saturated rings. The summed E-state index contributed by atoms with van der Waals surface area (Å²) in [7, 11) is 0. The van der Waals surface area contributed by atoms with Crippen molar-refractivity contribution in [2.24, 2.45) is 5.92 Å². The van der Waals surface area contributed by atoms with E-state index in [1.807, 2.05) is 19.1 Å². The molecule has 0 atom stereocenters. The van der Waals surface area contributed by atoms with Crippen molar-refractivity contribution < 1.29 is 14.7 Å². The molecule has 0 saturated carbocycles. The maximum absolute atomic E-state index is 11.5. The fraction of sp³-hybridized carbons (Fsp3) is 0.636. The van der Waals surface area contributed by atoms with Gasteiger partial charge in [0.25, 0.3) is 0 Å². The number of carboxylic acid groups (broad SMARTS) is 1. The first-order valence-electron chi connectivity index (χ1n) is 5.49. The summed E-state index contributed by atoms with van der Waals surface area (Å²) in [6.07, 6.45) is 4.92. The van der Waals surface area contributed by atoms with Crippen LogP contribution in [0.15, 0.2) is 12.2 Å². The van der Waals surface area contributed by atoms with Gasteiger partial charge in [-0.15, -0.1) is 0 Å². The number of nitrogens with one attached hydrogen (secondary N) is 1. The van der Waals surface area contributed by atoms with Crippen LogP contribution in [0.5, 0.6) is 0 Å². The highest BCUT2D eigenvalue weighted by molar-refractivity contribution is 5.75. The normalized spacial score (nSPS) is 16.2. The van der Waals surface area contributed by atoms with E-state index in [-0.39, 0.29) is 18.4 Å². The number of amides is 2. The van der Waals surface area contributed by atoms with Gasteiger partial charge in [-0.1, -0.05) is 12.2 Å². The Morgan fingerprint density at radius 3 is 2.75 bits per heavy atom. The van der Waals surface area contributed by atoms with Crippen LogP contribution in [0.4, 0.5) is 4.79 Å². The largest absolute Gasteiger partial charge is 0.481 e. The number of hydrogen-bond donors (Lipinski definition) is 2. The van der Waals surface area contributed by atoms with Crippen molar-refractivity contribution in [2.75, 3.05) is 19.6 Å². The second-order valence-corrected chi connectivity index (χ2v) is 3.96. The zero-order chi connectivity index (χ0) is 12.0. The number of likely N-dealkylation sites (tertiary alicyclic amines) is 1. The molecule has 1 aliphatic rings. The molecule has 0 aromatic heterocycles. The first-order chi connectivity index (χ1) is 7.63. The zero-order valence-electron chi connectivity index (χ0n) is 9.48. The van der Waals surface area contributed by atoms with Crippen molar-refractivity contribution in [2.45, 2.75) is 19.8 Å². The number of carbonyl (C=O) groups is 2. The predicted octanol–water partition coefficient (Wildman–Crippen LogP) is 1.07. The topological polar surface area (TPSA) is 69.6 Å². The Morgan fingerprint density at radius 2 is 2.19 bits per heavy atom. The van der Waals surface area contributed by atoms with Crippen molar-refractivity contribution in [3.05, 3.63) is 12.2 Å². The molecule has 0 unspecified atom stereocenters. The van der Waals surface area contributed by atoms with E-state index < -0.39 is 5.97 Å². The summed E-state index contributed by atoms with van der Waals surface area (Å²) in [4.78, 5) is 23.5. The molecule has 1 saturated heterocycles. The third-order valence-corrected chi connectivity index (χ3v) is 2.53. The highest BCUT2D eigenvalue weighted by Gasteiger charge is 2.31. The number of hydrogen-bond acceptors (Lipinski definition) is 2. The highest BCUT2D eigenvalue weighted by Crippen LogP contribution is 2.18. The lowest BCUT2D eigenvalue weighted by Crippen LogP contribution is -2.54. The summed E-state index contributed by atoms with van der Waals surface area (Å²) in [5, 5.41) is 11.3. The maximum Gasteiger partial charge on any atom is 0.317 e. The molecule has 0 radical (unpaired) electrons. The molecule has 5 nitrogen and oxygen atoms in total. The fourth-order valence-electron chi connectivity index (χ4n) is 1.65. The number of allylic oxidation sites excluding steroid dienone is 1. The summed E-state index contributed by atoms with van der Waals surface area (Å²) in [5.74, 6) is -0.670. The van der Waals surface area contributed by atoms with Gasteiger partial charge < -0.3 is 15.3 Å². The van der Waals surface area contributed by atoms with E-state index in [0.717, 1.165) is 6.42 Å². The van der Waals surface area contributed by atoms with Gasteiger partial charge in [0.15, 0.2) is 0 Å². The third-order valence-electron chi connectivity index (χ3n) is 2.53. The van der Waals surface area contributed by atoms with E-state index in [2.05, 4.69) is 5.32 Å². The van der Waals surface area contributed by atoms with Crippen LogP contribution in [0.1, 0.15) is 19.8 Å².